The first-order valence-corrected chi connectivity index (χ1v) is 6.66. The van der Waals surface area contributed by atoms with Gasteiger partial charge in [-0.3, -0.25) is 0 Å². The average Bonchev–Trinajstić information content (AvgIpc) is 2.97. The average molecular weight is 267 g/mol. The monoisotopic (exact) mass is 267 g/mol. The van der Waals surface area contributed by atoms with Crippen LogP contribution in [0.25, 0.3) is 5.57 Å². The molecule has 20 heavy (non-hydrogen) atoms. The molecule has 2 aromatic carbocycles. The quantitative estimate of drug-likeness (QED) is 0.902. The Labute approximate surface area is 118 Å². The number of fused-ring (bicyclic) bond motifs is 1. The zero-order valence-corrected chi connectivity index (χ0v) is 11.3. The number of para-hydroxylation sites is 1. The Kier molecular flexibility index (Phi) is 3.70. The Bertz CT molecular complexity index is 608. The molecule has 3 rings (SSSR count). The van der Waals surface area contributed by atoms with Crippen LogP contribution in [0, 0.1) is 0 Å². The van der Waals surface area contributed by atoms with Crippen LogP contribution in [0.4, 0.5) is 0 Å². The van der Waals surface area contributed by atoms with Gasteiger partial charge in [-0.05, 0) is 17.2 Å². The van der Waals surface area contributed by atoms with Crippen molar-refractivity contribution in [3.8, 4) is 11.5 Å². The molecule has 102 valence electrons. The SMILES string of the molecule is C=C(CNCc1cccc2c1OCO2)c1ccccc1. The first-order chi connectivity index (χ1) is 9.84. The number of rotatable bonds is 5. The maximum Gasteiger partial charge on any atom is 0.231 e. The summed E-state index contributed by atoms with van der Waals surface area (Å²) in [5.74, 6) is 1.68. The Hall–Kier alpha value is -2.26. The summed E-state index contributed by atoms with van der Waals surface area (Å²) in [6.07, 6.45) is 0. The van der Waals surface area contributed by atoms with Gasteiger partial charge in [0.2, 0.25) is 6.79 Å². The van der Waals surface area contributed by atoms with Crippen LogP contribution in [0.2, 0.25) is 0 Å². The van der Waals surface area contributed by atoms with Gasteiger partial charge in [-0.25, -0.2) is 0 Å². The molecule has 3 nitrogen and oxygen atoms in total. The molecule has 0 saturated carbocycles. The molecule has 0 amide bonds. The molecule has 0 bridgehead atoms. The summed E-state index contributed by atoms with van der Waals surface area (Å²) >= 11 is 0. The van der Waals surface area contributed by atoms with Gasteiger partial charge in [0, 0.05) is 18.7 Å². The lowest BCUT2D eigenvalue weighted by Crippen LogP contribution is -2.16. The number of hydrogen-bond donors (Lipinski definition) is 1. The minimum atomic E-state index is 0.309. The van der Waals surface area contributed by atoms with Crippen molar-refractivity contribution in [3.05, 3.63) is 66.2 Å². The van der Waals surface area contributed by atoms with Crippen LogP contribution < -0.4 is 14.8 Å². The molecule has 1 N–H and O–H groups in total. The summed E-state index contributed by atoms with van der Waals surface area (Å²) in [6, 6.07) is 16.2. The fourth-order valence-electron chi connectivity index (χ4n) is 2.25. The summed E-state index contributed by atoms with van der Waals surface area (Å²) in [7, 11) is 0. The van der Waals surface area contributed by atoms with Crippen molar-refractivity contribution in [1.82, 2.24) is 5.32 Å². The highest BCUT2D eigenvalue weighted by Gasteiger charge is 2.16. The van der Waals surface area contributed by atoms with Gasteiger partial charge in [-0.2, -0.15) is 0 Å². The van der Waals surface area contributed by atoms with E-state index in [-0.39, 0.29) is 0 Å². The molecule has 0 radical (unpaired) electrons. The third-order valence-electron chi connectivity index (χ3n) is 3.31. The standard InChI is InChI=1S/C17H17NO2/c1-13(14-6-3-2-4-7-14)10-18-11-15-8-5-9-16-17(15)20-12-19-16/h2-9,18H,1,10-12H2. The highest BCUT2D eigenvalue weighted by Crippen LogP contribution is 2.35. The van der Waals surface area contributed by atoms with Crippen molar-refractivity contribution in [3.63, 3.8) is 0 Å². The molecular weight excluding hydrogens is 250 g/mol. The van der Waals surface area contributed by atoms with Crippen molar-refractivity contribution in [1.29, 1.82) is 0 Å². The Morgan fingerprint density at radius 2 is 1.90 bits per heavy atom. The van der Waals surface area contributed by atoms with Crippen molar-refractivity contribution in [2.24, 2.45) is 0 Å². The Morgan fingerprint density at radius 3 is 2.75 bits per heavy atom. The number of benzene rings is 2. The van der Waals surface area contributed by atoms with Crippen LogP contribution in [0.15, 0.2) is 55.1 Å². The van der Waals surface area contributed by atoms with Crippen LogP contribution in [0.1, 0.15) is 11.1 Å². The summed E-state index contributed by atoms with van der Waals surface area (Å²) < 4.78 is 10.9. The zero-order chi connectivity index (χ0) is 13.8. The molecule has 0 atom stereocenters. The van der Waals surface area contributed by atoms with Crippen LogP contribution in [0.3, 0.4) is 0 Å². The van der Waals surface area contributed by atoms with Gasteiger partial charge in [0.05, 0.1) is 0 Å². The van der Waals surface area contributed by atoms with E-state index in [0.29, 0.717) is 6.79 Å². The molecule has 0 fully saturated rings. The molecular formula is C17H17NO2. The van der Waals surface area contributed by atoms with Gasteiger partial charge >= 0.3 is 0 Å². The predicted molar refractivity (Wildman–Crippen MR) is 79.7 cm³/mol. The van der Waals surface area contributed by atoms with Gasteiger partial charge < -0.3 is 14.8 Å². The van der Waals surface area contributed by atoms with E-state index in [1.165, 1.54) is 0 Å². The lowest BCUT2D eigenvalue weighted by atomic mass is 10.1. The van der Waals surface area contributed by atoms with Gasteiger partial charge in [0.15, 0.2) is 11.5 Å². The number of nitrogens with one attached hydrogen (secondary N) is 1. The van der Waals surface area contributed by atoms with Crippen LogP contribution in [-0.4, -0.2) is 13.3 Å². The summed E-state index contributed by atoms with van der Waals surface area (Å²) in [5.41, 5.74) is 3.36. The smallest absolute Gasteiger partial charge is 0.231 e. The van der Waals surface area contributed by atoms with E-state index in [1.54, 1.807) is 0 Å². The highest BCUT2D eigenvalue weighted by molar-refractivity contribution is 5.64. The second-order valence-corrected chi connectivity index (χ2v) is 4.72. The molecule has 1 aliphatic rings. The van der Waals surface area contributed by atoms with E-state index in [1.807, 2.05) is 36.4 Å². The number of ether oxygens (including phenoxy) is 2. The fourth-order valence-corrected chi connectivity index (χ4v) is 2.25. The number of hydrogen-bond acceptors (Lipinski definition) is 3. The van der Waals surface area contributed by atoms with E-state index < -0.39 is 0 Å². The molecule has 0 aromatic heterocycles. The second kappa shape index (κ2) is 5.80. The van der Waals surface area contributed by atoms with E-state index in [4.69, 9.17) is 9.47 Å². The Balaban J connectivity index is 1.59. The molecule has 0 unspecified atom stereocenters. The first kappa shape index (κ1) is 12.8. The van der Waals surface area contributed by atoms with Crippen LogP contribution in [-0.2, 0) is 6.54 Å². The highest BCUT2D eigenvalue weighted by atomic mass is 16.7. The largest absolute Gasteiger partial charge is 0.454 e. The van der Waals surface area contributed by atoms with Gasteiger partial charge in [-0.15, -0.1) is 0 Å². The van der Waals surface area contributed by atoms with E-state index in [0.717, 1.165) is 41.3 Å². The summed E-state index contributed by atoms with van der Waals surface area (Å²) in [5, 5.41) is 3.39. The molecule has 3 heteroatoms. The summed E-state index contributed by atoms with van der Waals surface area (Å²) in [6.45, 7) is 5.90. The summed E-state index contributed by atoms with van der Waals surface area (Å²) in [4.78, 5) is 0. The van der Waals surface area contributed by atoms with Crippen molar-refractivity contribution >= 4 is 5.57 Å². The van der Waals surface area contributed by atoms with Crippen molar-refractivity contribution < 1.29 is 9.47 Å². The van der Waals surface area contributed by atoms with Crippen LogP contribution in [0.5, 0.6) is 11.5 Å². The fraction of sp³-hybridized carbons (Fsp3) is 0.176. The topological polar surface area (TPSA) is 30.5 Å². The lowest BCUT2D eigenvalue weighted by Gasteiger charge is -2.09. The molecule has 0 spiro atoms. The molecule has 0 aliphatic carbocycles. The molecule has 1 heterocycles. The maximum atomic E-state index is 5.49. The van der Waals surface area contributed by atoms with E-state index in [2.05, 4.69) is 24.0 Å². The molecule has 0 saturated heterocycles. The minimum absolute atomic E-state index is 0.309. The second-order valence-electron chi connectivity index (χ2n) is 4.72. The van der Waals surface area contributed by atoms with Crippen LogP contribution >= 0.6 is 0 Å². The normalized spacial score (nSPS) is 12.4. The van der Waals surface area contributed by atoms with Gasteiger partial charge in [-0.1, -0.05) is 49.0 Å². The molecule has 2 aromatic rings. The van der Waals surface area contributed by atoms with Crippen molar-refractivity contribution in [2.45, 2.75) is 6.54 Å². The zero-order valence-electron chi connectivity index (χ0n) is 11.3. The first-order valence-electron chi connectivity index (χ1n) is 6.66. The third kappa shape index (κ3) is 2.68. The lowest BCUT2D eigenvalue weighted by molar-refractivity contribution is 0.173. The maximum absolute atomic E-state index is 5.49. The van der Waals surface area contributed by atoms with Gasteiger partial charge in [0.1, 0.15) is 0 Å². The van der Waals surface area contributed by atoms with Crippen molar-refractivity contribution in [2.75, 3.05) is 13.3 Å². The Morgan fingerprint density at radius 1 is 1.05 bits per heavy atom. The van der Waals surface area contributed by atoms with Gasteiger partial charge in [0.25, 0.3) is 0 Å². The minimum Gasteiger partial charge on any atom is -0.454 e. The van der Waals surface area contributed by atoms with E-state index >= 15 is 0 Å². The molecule has 1 aliphatic heterocycles. The third-order valence-corrected chi connectivity index (χ3v) is 3.31. The van der Waals surface area contributed by atoms with E-state index in [9.17, 15) is 0 Å². The predicted octanol–water partition coefficient (Wildman–Crippen LogP) is 3.22.